The molecule has 0 unspecified atom stereocenters. The van der Waals surface area contributed by atoms with Crippen LogP contribution in [0.5, 0.6) is 0 Å². The first-order chi connectivity index (χ1) is 9.88. The first-order valence-corrected chi connectivity index (χ1v) is 8.56. The zero-order valence-electron chi connectivity index (χ0n) is 11.4. The topological polar surface area (TPSA) is 92.5 Å². The molecule has 0 saturated carbocycles. The highest BCUT2D eigenvalue weighted by atomic mass is 32.2. The summed E-state index contributed by atoms with van der Waals surface area (Å²) in [5, 5.41) is 2.70. The zero-order chi connectivity index (χ0) is 15.5. The second kappa shape index (κ2) is 6.50. The van der Waals surface area contributed by atoms with Crippen LogP contribution >= 0.6 is 12.2 Å². The second-order valence-electron chi connectivity index (χ2n) is 4.83. The summed E-state index contributed by atoms with van der Waals surface area (Å²) >= 11 is 4.83. The highest BCUT2D eigenvalue weighted by Crippen LogP contribution is 2.13. The number of benzene rings is 1. The molecule has 21 heavy (non-hydrogen) atoms. The molecule has 1 heterocycles. The van der Waals surface area contributed by atoms with Gasteiger partial charge in [-0.2, -0.15) is 0 Å². The predicted molar refractivity (Wildman–Crippen MR) is 83.8 cm³/mol. The minimum absolute atomic E-state index is 0.0211. The third kappa shape index (κ3) is 4.23. The number of carbonyl (C=O) groups is 1. The van der Waals surface area contributed by atoms with Crippen LogP contribution in [0.25, 0.3) is 0 Å². The van der Waals surface area contributed by atoms with E-state index in [2.05, 4.69) is 5.32 Å². The fraction of sp³-hybridized carbons (Fsp3) is 0.385. The average molecular weight is 327 g/mol. The molecular formula is C13H17N3O3S2. The van der Waals surface area contributed by atoms with E-state index >= 15 is 0 Å². The number of sulfone groups is 1. The van der Waals surface area contributed by atoms with Crippen molar-refractivity contribution in [1.29, 1.82) is 0 Å². The molecule has 1 amide bonds. The van der Waals surface area contributed by atoms with Crippen molar-refractivity contribution in [2.75, 3.05) is 31.9 Å². The van der Waals surface area contributed by atoms with Crippen molar-refractivity contribution < 1.29 is 13.2 Å². The molecule has 0 bridgehead atoms. The molecular weight excluding hydrogens is 310 g/mol. The molecule has 1 aliphatic rings. The molecule has 1 saturated heterocycles. The van der Waals surface area contributed by atoms with Crippen LogP contribution in [0.4, 0.5) is 0 Å². The Bertz CT molecular complexity index is 641. The van der Waals surface area contributed by atoms with E-state index in [-0.39, 0.29) is 28.1 Å². The van der Waals surface area contributed by atoms with E-state index < -0.39 is 9.84 Å². The number of hydrogen-bond acceptors (Lipinski definition) is 5. The summed E-state index contributed by atoms with van der Waals surface area (Å²) in [5.74, 6) is -0.0911. The lowest BCUT2D eigenvalue weighted by molar-refractivity contribution is -0.123. The molecule has 0 aliphatic carbocycles. The van der Waals surface area contributed by atoms with E-state index in [4.69, 9.17) is 18.0 Å². The van der Waals surface area contributed by atoms with Gasteiger partial charge < -0.3 is 11.1 Å². The monoisotopic (exact) mass is 327 g/mol. The second-order valence-corrected chi connectivity index (χ2v) is 7.38. The Morgan fingerprint density at radius 3 is 2.57 bits per heavy atom. The third-order valence-electron chi connectivity index (χ3n) is 3.29. The number of rotatable bonds is 5. The van der Waals surface area contributed by atoms with Crippen LogP contribution in [0.2, 0.25) is 0 Å². The number of hydrogen-bond donors (Lipinski definition) is 2. The van der Waals surface area contributed by atoms with Crippen LogP contribution in [0.1, 0.15) is 5.56 Å². The molecule has 114 valence electrons. The number of nitrogens with two attached hydrogens (primary N) is 1. The Hall–Kier alpha value is -1.51. The Morgan fingerprint density at radius 2 is 2.00 bits per heavy atom. The van der Waals surface area contributed by atoms with Gasteiger partial charge in [-0.3, -0.25) is 9.69 Å². The van der Waals surface area contributed by atoms with Gasteiger partial charge in [-0.05, 0) is 12.1 Å². The number of nitrogens with one attached hydrogen (secondary N) is 1. The summed E-state index contributed by atoms with van der Waals surface area (Å²) < 4.78 is 24.5. The maximum Gasteiger partial charge on any atom is 0.234 e. The molecule has 1 aromatic carbocycles. The Morgan fingerprint density at radius 1 is 1.33 bits per heavy atom. The predicted octanol–water partition coefficient (Wildman–Crippen LogP) is -0.474. The molecule has 0 aromatic heterocycles. The van der Waals surface area contributed by atoms with Crippen LogP contribution in [-0.2, 0) is 14.6 Å². The number of carbonyl (C=O) groups excluding carboxylic acids is 1. The summed E-state index contributed by atoms with van der Waals surface area (Å²) in [6, 6.07) is 6.21. The maximum absolute atomic E-state index is 12.2. The Labute approximate surface area is 129 Å². The molecule has 2 rings (SSSR count). The van der Waals surface area contributed by atoms with Crippen LogP contribution in [-0.4, -0.2) is 56.1 Å². The molecule has 8 heteroatoms. The largest absolute Gasteiger partial charge is 0.389 e. The lowest BCUT2D eigenvalue weighted by Crippen LogP contribution is -2.48. The van der Waals surface area contributed by atoms with E-state index in [9.17, 15) is 13.2 Å². The minimum Gasteiger partial charge on any atom is -0.389 e. The van der Waals surface area contributed by atoms with Gasteiger partial charge in [-0.25, -0.2) is 8.42 Å². The first-order valence-electron chi connectivity index (χ1n) is 6.50. The molecule has 1 aromatic rings. The van der Waals surface area contributed by atoms with Crippen molar-refractivity contribution in [3.63, 3.8) is 0 Å². The van der Waals surface area contributed by atoms with E-state index in [1.54, 1.807) is 12.1 Å². The minimum atomic E-state index is -3.38. The first kappa shape index (κ1) is 15.9. The van der Waals surface area contributed by atoms with Crippen molar-refractivity contribution in [3.8, 4) is 0 Å². The van der Waals surface area contributed by atoms with E-state index in [0.29, 0.717) is 25.2 Å². The van der Waals surface area contributed by atoms with Crippen molar-refractivity contribution in [3.05, 3.63) is 29.8 Å². The van der Waals surface area contributed by atoms with Gasteiger partial charge in [0.25, 0.3) is 0 Å². The van der Waals surface area contributed by atoms with Gasteiger partial charge in [0.05, 0.1) is 17.2 Å². The van der Waals surface area contributed by atoms with Crippen molar-refractivity contribution in [2.24, 2.45) is 5.73 Å². The standard InChI is InChI=1S/C13H17N3O3S2/c14-13(20)10-1-3-11(4-2-10)21(18,19)8-7-16-6-5-15-12(17)9-16/h1-4H,5-9H2,(H2,14,20)(H,15,17). The van der Waals surface area contributed by atoms with Crippen LogP contribution in [0.15, 0.2) is 29.2 Å². The van der Waals surface area contributed by atoms with Gasteiger partial charge in [0.1, 0.15) is 4.99 Å². The van der Waals surface area contributed by atoms with Gasteiger partial charge in [-0.1, -0.05) is 24.4 Å². The molecule has 0 spiro atoms. The van der Waals surface area contributed by atoms with Gasteiger partial charge in [-0.15, -0.1) is 0 Å². The van der Waals surface area contributed by atoms with Crippen LogP contribution in [0.3, 0.4) is 0 Å². The van der Waals surface area contributed by atoms with Gasteiger partial charge in [0, 0.05) is 25.2 Å². The molecule has 1 fully saturated rings. The summed E-state index contributed by atoms with van der Waals surface area (Å²) in [4.78, 5) is 13.6. The van der Waals surface area contributed by atoms with Gasteiger partial charge >= 0.3 is 0 Å². The average Bonchev–Trinajstić information content (AvgIpc) is 2.45. The highest BCUT2D eigenvalue weighted by Gasteiger charge is 2.20. The van der Waals surface area contributed by atoms with Crippen molar-refractivity contribution >= 4 is 33.0 Å². The zero-order valence-corrected chi connectivity index (χ0v) is 13.0. The maximum atomic E-state index is 12.2. The van der Waals surface area contributed by atoms with Gasteiger partial charge in [0.2, 0.25) is 5.91 Å². The summed E-state index contributed by atoms with van der Waals surface area (Å²) in [7, 11) is -3.38. The SMILES string of the molecule is NC(=S)c1ccc(S(=O)(=O)CCN2CCNC(=O)C2)cc1. The molecule has 6 nitrogen and oxygen atoms in total. The number of thiocarbonyl (C=S) groups is 1. The van der Waals surface area contributed by atoms with Crippen molar-refractivity contribution in [2.45, 2.75) is 4.90 Å². The van der Waals surface area contributed by atoms with E-state index in [0.717, 1.165) is 0 Å². The third-order valence-corrected chi connectivity index (χ3v) is 5.24. The lowest BCUT2D eigenvalue weighted by Gasteiger charge is -2.26. The van der Waals surface area contributed by atoms with E-state index in [1.807, 2.05) is 4.90 Å². The molecule has 3 N–H and O–H groups in total. The normalized spacial score (nSPS) is 16.5. The Balaban J connectivity index is 2.01. The summed E-state index contributed by atoms with van der Waals surface area (Å²) in [6.45, 7) is 1.81. The smallest absolute Gasteiger partial charge is 0.234 e. The van der Waals surface area contributed by atoms with Crippen LogP contribution < -0.4 is 11.1 Å². The number of amides is 1. The fourth-order valence-corrected chi connectivity index (χ4v) is 3.50. The Kier molecular flexibility index (Phi) is 4.92. The fourth-order valence-electron chi connectivity index (χ4n) is 2.08. The molecule has 0 atom stereocenters. The van der Waals surface area contributed by atoms with Gasteiger partial charge in [0.15, 0.2) is 9.84 Å². The molecule has 0 radical (unpaired) electrons. The summed E-state index contributed by atoms with van der Waals surface area (Å²) in [6.07, 6.45) is 0. The van der Waals surface area contributed by atoms with E-state index in [1.165, 1.54) is 12.1 Å². The molecule has 1 aliphatic heterocycles. The summed E-state index contributed by atoms with van der Waals surface area (Å²) in [5.41, 5.74) is 6.12. The van der Waals surface area contributed by atoms with Crippen molar-refractivity contribution in [1.82, 2.24) is 10.2 Å². The number of nitrogens with zero attached hydrogens (tertiary/aromatic N) is 1. The quantitative estimate of drug-likeness (QED) is 0.710. The highest BCUT2D eigenvalue weighted by molar-refractivity contribution is 7.91. The van der Waals surface area contributed by atoms with Crippen LogP contribution in [0, 0.1) is 0 Å². The number of piperazine rings is 1. The lowest BCUT2D eigenvalue weighted by atomic mass is 10.2.